The van der Waals surface area contributed by atoms with E-state index in [1.165, 1.54) is 0 Å². The van der Waals surface area contributed by atoms with Gasteiger partial charge in [0.15, 0.2) is 0 Å². The minimum atomic E-state index is -0.725. The van der Waals surface area contributed by atoms with Crippen LogP contribution in [0.25, 0.3) is 0 Å². The Morgan fingerprint density at radius 2 is 2.20 bits per heavy atom. The van der Waals surface area contributed by atoms with E-state index in [1.54, 1.807) is 0 Å². The molecule has 0 bridgehead atoms. The van der Waals surface area contributed by atoms with Gasteiger partial charge in [-0.15, -0.1) is 0 Å². The average Bonchev–Trinajstić information content (AvgIpc) is 2.27. The van der Waals surface area contributed by atoms with E-state index in [9.17, 15) is 4.39 Å². The predicted molar refractivity (Wildman–Crippen MR) is 60.5 cm³/mol. The second kappa shape index (κ2) is 6.83. The molecule has 0 aromatic rings. The lowest BCUT2D eigenvalue weighted by Gasteiger charge is -2.24. The van der Waals surface area contributed by atoms with Crippen LogP contribution in [0.4, 0.5) is 4.39 Å². The second-order valence-electron chi connectivity index (χ2n) is 4.12. The van der Waals surface area contributed by atoms with Gasteiger partial charge in [0, 0.05) is 6.42 Å². The fraction of sp³-hybridized carbons (Fsp3) is 0.833. The fourth-order valence-electron chi connectivity index (χ4n) is 1.68. The molecule has 0 aromatic carbocycles. The summed E-state index contributed by atoms with van der Waals surface area (Å²) in [6.07, 6.45) is 4.63. The van der Waals surface area contributed by atoms with Gasteiger partial charge in [0.05, 0.1) is 5.76 Å². The van der Waals surface area contributed by atoms with Crippen molar-refractivity contribution in [2.45, 2.75) is 51.8 Å². The number of alkyl halides is 1. The molecule has 88 valence electrons. The Kier molecular flexibility index (Phi) is 5.69. The van der Waals surface area contributed by atoms with Crippen LogP contribution in [-0.4, -0.2) is 25.4 Å². The minimum absolute atomic E-state index is 0.321. The highest BCUT2D eigenvalue weighted by molar-refractivity contribution is 4.91. The number of allylic oxidation sites excluding steroid dienone is 2. The molecule has 1 unspecified atom stereocenters. The van der Waals surface area contributed by atoms with Crippen LogP contribution in [-0.2, 0) is 4.74 Å². The molecule has 0 saturated carbocycles. The zero-order chi connectivity index (χ0) is 11.1. The van der Waals surface area contributed by atoms with Crippen LogP contribution in [0.2, 0.25) is 0 Å². The summed E-state index contributed by atoms with van der Waals surface area (Å²) in [7, 11) is 0. The quantitative estimate of drug-likeness (QED) is 0.712. The Bertz CT molecular complexity index is 200. The van der Waals surface area contributed by atoms with Crippen LogP contribution in [0.5, 0.6) is 0 Å². The van der Waals surface area contributed by atoms with Crippen molar-refractivity contribution < 1.29 is 9.13 Å². The molecule has 1 aliphatic rings. The number of halogens is 1. The summed E-state index contributed by atoms with van der Waals surface area (Å²) in [6.45, 7) is 5.84. The van der Waals surface area contributed by atoms with Gasteiger partial charge >= 0.3 is 0 Å². The van der Waals surface area contributed by atoms with E-state index in [2.05, 4.69) is 5.32 Å². The first kappa shape index (κ1) is 12.5. The molecule has 0 amide bonds. The van der Waals surface area contributed by atoms with E-state index < -0.39 is 6.17 Å². The molecule has 0 aromatic heterocycles. The van der Waals surface area contributed by atoms with E-state index in [0.29, 0.717) is 18.9 Å². The van der Waals surface area contributed by atoms with Crippen LogP contribution in [0.3, 0.4) is 0 Å². The topological polar surface area (TPSA) is 21.3 Å². The van der Waals surface area contributed by atoms with Crippen molar-refractivity contribution in [1.29, 1.82) is 0 Å². The van der Waals surface area contributed by atoms with Gasteiger partial charge in [0.1, 0.15) is 12.3 Å². The number of ether oxygens (including phenoxy) is 1. The van der Waals surface area contributed by atoms with Gasteiger partial charge in [0.2, 0.25) is 0 Å². The average molecular weight is 215 g/mol. The van der Waals surface area contributed by atoms with Crippen molar-refractivity contribution in [1.82, 2.24) is 5.32 Å². The highest BCUT2D eigenvalue weighted by Crippen LogP contribution is 2.13. The number of rotatable bonds is 5. The van der Waals surface area contributed by atoms with E-state index in [4.69, 9.17) is 4.74 Å². The number of hydrogen-bond donors (Lipinski definition) is 1. The molecule has 1 rings (SSSR count). The summed E-state index contributed by atoms with van der Waals surface area (Å²) in [5.74, 6) is 0.873. The maximum atomic E-state index is 13.0. The third-order valence-corrected chi connectivity index (χ3v) is 2.74. The molecule has 1 fully saturated rings. The Labute approximate surface area is 91.9 Å². The third kappa shape index (κ3) is 5.17. The van der Waals surface area contributed by atoms with Crippen LogP contribution in [0.1, 0.15) is 39.5 Å². The summed E-state index contributed by atoms with van der Waals surface area (Å²) in [5.41, 5.74) is 0. The highest BCUT2D eigenvalue weighted by Gasteiger charge is 2.13. The van der Waals surface area contributed by atoms with Crippen LogP contribution in [0, 0.1) is 0 Å². The molecular formula is C12H22FNO. The summed E-state index contributed by atoms with van der Waals surface area (Å²) in [4.78, 5) is 0. The summed E-state index contributed by atoms with van der Waals surface area (Å²) < 4.78 is 18.7. The molecular weight excluding hydrogens is 193 g/mol. The molecule has 3 heteroatoms. The van der Waals surface area contributed by atoms with Crippen molar-refractivity contribution in [3.63, 3.8) is 0 Å². The van der Waals surface area contributed by atoms with Gasteiger partial charge in [-0.2, -0.15) is 0 Å². The standard InChI is InChI=1S/C12H22FNO/c1-3-11(13)5-4-10(2)15-12-6-8-14-9-7-12/h4,11-12,14H,3,5-9H2,1-2H3/b10-4+. The molecule has 1 atom stereocenters. The Morgan fingerprint density at radius 3 is 2.80 bits per heavy atom. The van der Waals surface area contributed by atoms with Gasteiger partial charge < -0.3 is 10.1 Å². The van der Waals surface area contributed by atoms with Crippen LogP contribution < -0.4 is 5.32 Å². The summed E-state index contributed by atoms with van der Waals surface area (Å²) in [6, 6.07) is 0. The third-order valence-electron chi connectivity index (χ3n) is 2.74. The molecule has 0 radical (unpaired) electrons. The minimum Gasteiger partial charge on any atom is -0.495 e. The van der Waals surface area contributed by atoms with E-state index in [-0.39, 0.29) is 0 Å². The molecule has 2 nitrogen and oxygen atoms in total. The molecule has 1 aliphatic heterocycles. The van der Waals surface area contributed by atoms with Gasteiger partial charge in [-0.25, -0.2) is 4.39 Å². The largest absolute Gasteiger partial charge is 0.495 e. The molecule has 0 aliphatic carbocycles. The van der Waals surface area contributed by atoms with Crippen LogP contribution >= 0.6 is 0 Å². The normalized spacial score (nSPS) is 21.4. The monoisotopic (exact) mass is 215 g/mol. The van der Waals surface area contributed by atoms with E-state index in [1.807, 2.05) is 19.9 Å². The number of piperidine rings is 1. The van der Waals surface area contributed by atoms with Gasteiger partial charge in [0.25, 0.3) is 0 Å². The van der Waals surface area contributed by atoms with Gasteiger partial charge in [-0.05, 0) is 45.4 Å². The zero-order valence-corrected chi connectivity index (χ0v) is 9.76. The lowest BCUT2D eigenvalue weighted by molar-refractivity contribution is 0.0882. The first-order chi connectivity index (χ1) is 7.22. The first-order valence-electron chi connectivity index (χ1n) is 5.90. The maximum absolute atomic E-state index is 13.0. The van der Waals surface area contributed by atoms with E-state index in [0.717, 1.165) is 31.7 Å². The highest BCUT2D eigenvalue weighted by atomic mass is 19.1. The lowest BCUT2D eigenvalue weighted by Crippen LogP contribution is -2.32. The van der Waals surface area contributed by atoms with Crippen LogP contribution in [0.15, 0.2) is 11.8 Å². The van der Waals surface area contributed by atoms with Gasteiger partial charge in [-0.1, -0.05) is 6.92 Å². The number of nitrogens with one attached hydrogen (secondary N) is 1. The smallest absolute Gasteiger partial charge is 0.103 e. The van der Waals surface area contributed by atoms with Crippen molar-refractivity contribution >= 4 is 0 Å². The van der Waals surface area contributed by atoms with Crippen molar-refractivity contribution in [3.8, 4) is 0 Å². The predicted octanol–water partition coefficient (Wildman–Crippen LogP) is 2.80. The lowest BCUT2D eigenvalue weighted by atomic mass is 10.1. The zero-order valence-electron chi connectivity index (χ0n) is 9.76. The summed E-state index contributed by atoms with van der Waals surface area (Å²) >= 11 is 0. The maximum Gasteiger partial charge on any atom is 0.103 e. The molecule has 1 heterocycles. The first-order valence-corrected chi connectivity index (χ1v) is 5.90. The van der Waals surface area contributed by atoms with Crippen molar-refractivity contribution in [2.24, 2.45) is 0 Å². The Hall–Kier alpha value is -0.570. The molecule has 1 N–H and O–H groups in total. The van der Waals surface area contributed by atoms with Crippen molar-refractivity contribution in [3.05, 3.63) is 11.8 Å². The SMILES string of the molecule is CCC(F)C/C=C(\C)OC1CCNCC1. The van der Waals surface area contributed by atoms with Gasteiger partial charge in [-0.3, -0.25) is 0 Å². The van der Waals surface area contributed by atoms with E-state index >= 15 is 0 Å². The molecule has 1 saturated heterocycles. The second-order valence-corrected chi connectivity index (χ2v) is 4.12. The summed E-state index contributed by atoms with van der Waals surface area (Å²) in [5, 5.41) is 3.29. The Balaban J connectivity index is 2.23. The number of hydrogen-bond acceptors (Lipinski definition) is 2. The molecule has 0 spiro atoms. The Morgan fingerprint density at radius 1 is 1.53 bits per heavy atom. The fourth-order valence-corrected chi connectivity index (χ4v) is 1.68. The molecule has 15 heavy (non-hydrogen) atoms. The van der Waals surface area contributed by atoms with Crippen molar-refractivity contribution in [2.75, 3.05) is 13.1 Å².